The summed E-state index contributed by atoms with van der Waals surface area (Å²) in [6.07, 6.45) is 2.77. The van der Waals surface area contributed by atoms with E-state index in [9.17, 15) is 4.39 Å². The summed E-state index contributed by atoms with van der Waals surface area (Å²) in [6.45, 7) is 0. The summed E-state index contributed by atoms with van der Waals surface area (Å²) >= 11 is 1.36. The van der Waals surface area contributed by atoms with Crippen LogP contribution in [-0.4, -0.2) is 20.2 Å². The first-order valence-electron chi connectivity index (χ1n) is 4.14. The normalized spacial score (nSPS) is 10.5. The van der Waals surface area contributed by atoms with E-state index < -0.39 is 0 Å². The van der Waals surface area contributed by atoms with Gasteiger partial charge in [0.15, 0.2) is 0 Å². The van der Waals surface area contributed by atoms with Crippen molar-refractivity contribution in [2.45, 2.75) is 10.9 Å². The first-order chi connectivity index (χ1) is 7.24. The van der Waals surface area contributed by atoms with Crippen molar-refractivity contribution in [1.29, 1.82) is 0 Å². The topological polar surface area (TPSA) is 80.5 Å². The van der Waals surface area contributed by atoms with Gasteiger partial charge in [0.1, 0.15) is 5.82 Å². The Kier molecular flexibility index (Phi) is 2.82. The average Bonchev–Trinajstić information content (AvgIpc) is 2.62. The summed E-state index contributed by atoms with van der Waals surface area (Å²) in [6, 6.07) is 1.43. The van der Waals surface area contributed by atoms with Crippen LogP contribution in [0, 0.1) is 5.82 Å². The molecule has 0 unspecified atom stereocenters. The van der Waals surface area contributed by atoms with E-state index >= 15 is 0 Å². The summed E-state index contributed by atoms with van der Waals surface area (Å²) in [5.41, 5.74) is 6.14. The van der Waals surface area contributed by atoms with Crippen LogP contribution < -0.4 is 5.73 Å². The second-order valence-electron chi connectivity index (χ2n) is 2.80. The lowest BCUT2D eigenvalue weighted by Gasteiger charge is -1.97. The Hall–Kier alpha value is -1.63. The standard InChI is InChI=1S/C8H8FN5S/c9-6-1-5(2-11-3-6)4-15-8-12-7(10)13-14-8/h1-3H,4H2,(H3,10,12,13,14). The second kappa shape index (κ2) is 4.26. The maximum absolute atomic E-state index is 12.8. The van der Waals surface area contributed by atoms with E-state index in [4.69, 9.17) is 5.73 Å². The number of hydrogen-bond donors (Lipinski definition) is 2. The molecule has 15 heavy (non-hydrogen) atoms. The first-order valence-corrected chi connectivity index (χ1v) is 5.13. The molecule has 0 saturated carbocycles. The maximum atomic E-state index is 12.8. The molecule has 0 aliphatic rings. The van der Waals surface area contributed by atoms with Crippen molar-refractivity contribution in [1.82, 2.24) is 20.2 Å². The van der Waals surface area contributed by atoms with E-state index in [0.717, 1.165) is 5.56 Å². The largest absolute Gasteiger partial charge is 0.368 e. The van der Waals surface area contributed by atoms with Crippen LogP contribution in [-0.2, 0) is 5.75 Å². The number of nitrogens with two attached hydrogens (primary N) is 1. The van der Waals surface area contributed by atoms with Gasteiger partial charge in [-0.2, -0.15) is 4.98 Å². The minimum atomic E-state index is -0.345. The maximum Gasteiger partial charge on any atom is 0.216 e. The Labute approximate surface area is 89.3 Å². The number of hydrogen-bond acceptors (Lipinski definition) is 5. The Morgan fingerprint density at radius 3 is 3.00 bits per heavy atom. The summed E-state index contributed by atoms with van der Waals surface area (Å²) in [5.74, 6) is 0.486. The zero-order valence-electron chi connectivity index (χ0n) is 7.64. The third-order valence-corrected chi connectivity index (χ3v) is 2.53. The third-order valence-electron chi connectivity index (χ3n) is 1.61. The molecule has 7 heteroatoms. The van der Waals surface area contributed by atoms with E-state index in [0.29, 0.717) is 10.9 Å². The average molecular weight is 225 g/mol. The van der Waals surface area contributed by atoms with Crippen LogP contribution in [0.5, 0.6) is 0 Å². The quantitative estimate of drug-likeness (QED) is 0.767. The smallest absolute Gasteiger partial charge is 0.216 e. The molecule has 2 aromatic rings. The number of aromatic nitrogens is 4. The van der Waals surface area contributed by atoms with E-state index in [1.54, 1.807) is 6.20 Å². The molecule has 0 amide bonds. The number of nitrogens with one attached hydrogen (secondary N) is 1. The minimum absolute atomic E-state index is 0.273. The van der Waals surface area contributed by atoms with Gasteiger partial charge in [0.25, 0.3) is 0 Å². The van der Waals surface area contributed by atoms with Crippen LogP contribution in [0.4, 0.5) is 10.3 Å². The van der Waals surface area contributed by atoms with Crippen LogP contribution in [0.3, 0.4) is 0 Å². The van der Waals surface area contributed by atoms with Crippen molar-refractivity contribution < 1.29 is 4.39 Å². The SMILES string of the molecule is Nc1nc(SCc2cncc(F)c2)n[nH]1. The van der Waals surface area contributed by atoms with E-state index in [1.165, 1.54) is 24.0 Å². The second-order valence-corrected chi connectivity index (χ2v) is 3.75. The van der Waals surface area contributed by atoms with E-state index in [-0.39, 0.29) is 11.8 Å². The molecule has 78 valence electrons. The highest BCUT2D eigenvalue weighted by molar-refractivity contribution is 7.98. The zero-order chi connectivity index (χ0) is 10.7. The van der Waals surface area contributed by atoms with Crippen molar-refractivity contribution in [3.63, 3.8) is 0 Å². The fraction of sp³-hybridized carbons (Fsp3) is 0.125. The number of pyridine rings is 1. The summed E-state index contributed by atoms with van der Waals surface area (Å²) in [5, 5.41) is 6.90. The molecule has 5 nitrogen and oxygen atoms in total. The third kappa shape index (κ3) is 2.66. The van der Waals surface area contributed by atoms with Gasteiger partial charge in [-0.3, -0.25) is 4.98 Å². The Bertz CT molecular complexity index is 458. The van der Waals surface area contributed by atoms with E-state index in [2.05, 4.69) is 20.2 Å². The van der Waals surface area contributed by atoms with Crippen molar-refractivity contribution >= 4 is 17.7 Å². The number of aromatic amines is 1. The van der Waals surface area contributed by atoms with Crippen molar-refractivity contribution in [3.8, 4) is 0 Å². The molecule has 0 aliphatic carbocycles. The molecule has 0 spiro atoms. The summed E-state index contributed by atoms with van der Waals surface area (Å²) in [7, 11) is 0. The predicted octanol–water partition coefficient (Wildman–Crippen LogP) is 1.21. The van der Waals surface area contributed by atoms with Crippen molar-refractivity contribution in [2.75, 3.05) is 5.73 Å². The molecule has 0 fully saturated rings. The molecule has 0 radical (unpaired) electrons. The van der Waals surface area contributed by atoms with Crippen LogP contribution in [0.1, 0.15) is 5.56 Å². The van der Waals surface area contributed by atoms with Crippen LogP contribution in [0.15, 0.2) is 23.6 Å². The van der Waals surface area contributed by atoms with Gasteiger partial charge in [0, 0.05) is 11.9 Å². The first kappa shape index (κ1) is 9.91. The number of H-pyrrole nitrogens is 1. The Morgan fingerprint density at radius 1 is 1.47 bits per heavy atom. The molecule has 0 aromatic carbocycles. The number of halogens is 1. The number of anilines is 1. The van der Waals surface area contributed by atoms with Gasteiger partial charge in [-0.15, -0.1) is 5.10 Å². The minimum Gasteiger partial charge on any atom is -0.368 e. The highest BCUT2D eigenvalue weighted by atomic mass is 32.2. The van der Waals surface area contributed by atoms with Crippen LogP contribution in [0.25, 0.3) is 0 Å². The highest BCUT2D eigenvalue weighted by Gasteiger charge is 2.02. The number of nitrogens with zero attached hydrogens (tertiary/aromatic N) is 3. The molecular weight excluding hydrogens is 217 g/mol. The van der Waals surface area contributed by atoms with Gasteiger partial charge in [-0.25, -0.2) is 9.49 Å². The number of rotatable bonds is 3. The Morgan fingerprint density at radius 2 is 2.33 bits per heavy atom. The zero-order valence-corrected chi connectivity index (χ0v) is 8.46. The van der Waals surface area contributed by atoms with Gasteiger partial charge in [0.2, 0.25) is 11.1 Å². The molecule has 2 rings (SSSR count). The number of thioether (sulfide) groups is 1. The van der Waals surface area contributed by atoms with Gasteiger partial charge in [-0.1, -0.05) is 11.8 Å². The fourth-order valence-electron chi connectivity index (χ4n) is 1.01. The molecule has 2 heterocycles. The summed E-state index contributed by atoms with van der Waals surface area (Å²) in [4.78, 5) is 7.65. The summed E-state index contributed by atoms with van der Waals surface area (Å²) < 4.78 is 12.8. The number of nitrogen functional groups attached to an aromatic ring is 1. The molecule has 0 saturated heterocycles. The molecular formula is C8H8FN5S. The molecule has 2 aromatic heterocycles. The Balaban J connectivity index is 1.99. The van der Waals surface area contributed by atoms with Crippen molar-refractivity contribution in [3.05, 3.63) is 29.8 Å². The molecule has 0 atom stereocenters. The lowest BCUT2D eigenvalue weighted by molar-refractivity contribution is 0.619. The van der Waals surface area contributed by atoms with E-state index in [1.807, 2.05) is 0 Å². The van der Waals surface area contributed by atoms with Gasteiger partial charge in [-0.05, 0) is 11.6 Å². The highest BCUT2D eigenvalue weighted by Crippen LogP contribution is 2.18. The van der Waals surface area contributed by atoms with Gasteiger partial charge >= 0.3 is 0 Å². The fourth-order valence-corrected chi connectivity index (χ4v) is 1.73. The van der Waals surface area contributed by atoms with Gasteiger partial charge in [0.05, 0.1) is 6.20 Å². The molecule has 0 bridgehead atoms. The lowest BCUT2D eigenvalue weighted by Crippen LogP contribution is -1.87. The van der Waals surface area contributed by atoms with Crippen molar-refractivity contribution in [2.24, 2.45) is 0 Å². The van der Waals surface area contributed by atoms with Gasteiger partial charge < -0.3 is 5.73 Å². The molecule has 0 aliphatic heterocycles. The van der Waals surface area contributed by atoms with Crippen LogP contribution >= 0.6 is 11.8 Å². The predicted molar refractivity (Wildman–Crippen MR) is 54.6 cm³/mol. The monoisotopic (exact) mass is 225 g/mol. The lowest BCUT2D eigenvalue weighted by atomic mass is 10.3. The van der Waals surface area contributed by atoms with Crippen LogP contribution in [0.2, 0.25) is 0 Å². The molecule has 3 N–H and O–H groups in total.